The minimum Gasteiger partial charge on any atom is -0.0984 e. The van der Waals surface area contributed by atoms with Crippen molar-refractivity contribution < 1.29 is 0 Å². The molecule has 1 heterocycles. The van der Waals surface area contributed by atoms with Gasteiger partial charge in [-0.05, 0) is 82.6 Å². The number of allylic oxidation sites excluding steroid dienone is 7. The van der Waals surface area contributed by atoms with Gasteiger partial charge in [-0.15, -0.1) is 0 Å². The Morgan fingerprint density at radius 1 is 1.03 bits per heavy atom. The highest BCUT2D eigenvalue weighted by atomic mass is 32.2. The lowest BCUT2D eigenvalue weighted by Gasteiger charge is -2.26. The van der Waals surface area contributed by atoms with E-state index in [1.807, 2.05) is 12.2 Å². The second-order valence-electron chi connectivity index (χ2n) is 9.57. The van der Waals surface area contributed by atoms with Crippen LogP contribution in [0.4, 0.5) is 0 Å². The Bertz CT molecular complexity index is 1190. The number of fused-ring (bicyclic) bond motifs is 1. The Kier molecular flexibility index (Phi) is 7.63. The summed E-state index contributed by atoms with van der Waals surface area (Å²) in [4.78, 5) is 2.45. The maximum absolute atomic E-state index is 4.39. The number of rotatable bonds is 9. The lowest BCUT2D eigenvalue weighted by molar-refractivity contribution is 0.580. The van der Waals surface area contributed by atoms with E-state index in [2.05, 4.69) is 82.6 Å². The molecule has 0 radical (unpaired) electrons. The first-order chi connectivity index (χ1) is 16.5. The molecule has 1 atom stereocenters. The third-order valence-corrected chi connectivity index (χ3v) is 8.59. The van der Waals surface area contributed by atoms with Crippen LogP contribution in [0.2, 0.25) is 0 Å². The zero-order valence-corrected chi connectivity index (χ0v) is 21.6. The first-order valence-corrected chi connectivity index (χ1v) is 13.3. The third-order valence-electron chi connectivity index (χ3n) is 7.30. The van der Waals surface area contributed by atoms with Gasteiger partial charge in [0.1, 0.15) is 0 Å². The van der Waals surface area contributed by atoms with Crippen molar-refractivity contribution in [2.45, 2.75) is 57.3 Å². The summed E-state index contributed by atoms with van der Waals surface area (Å²) in [6.07, 6.45) is 10.8. The van der Waals surface area contributed by atoms with Crippen molar-refractivity contribution >= 4 is 28.5 Å². The van der Waals surface area contributed by atoms with Crippen molar-refractivity contribution in [3.63, 3.8) is 0 Å². The van der Waals surface area contributed by atoms with E-state index in [0.29, 0.717) is 5.92 Å². The van der Waals surface area contributed by atoms with Crippen molar-refractivity contribution in [1.82, 2.24) is 0 Å². The molecule has 0 aromatic heterocycles. The van der Waals surface area contributed by atoms with Crippen molar-refractivity contribution in [1.29, 1.82) is 0 Å². The second-order valence-corrected chi connectivity index (χ2v) is 10.6. The van der Waals surface area contributed by atoms with Gasteiger partial charge in [0.25, 0.3) is 0 Å². The van der Waals surface area contributed by atoms with Crippen molar-refractivity contribution in [3.8, 4) is 0 Å². The Morgan fingerprint density at radius 3 is 2.32 bits per heavy atom. The van der Waals surface area contributed by atoms with Gasteiger partial charge in [0.2, 0.25) is 0 Å². The summed E-state index contributed by atoms with van der Waals surface area (Å²) >= 11 is 1.80. The number of thioether (sulfide) groups is 1. The monoisotopic (exact) mass is 464 g/mol. The minimum absolute atomic E-state index is 0.674. The Morgan fingerprint density at radius 2 is 1.74 bits per heavy atom. The SMILES string of the molecule is C=CC1=C(C=C)C(=C)c2cccc(CC(=C3CCC3)c3ccc(C(=C)CC(C)CC)cc3)c2S1. The predicted molar refractivity (Wildman–Crippen MR) is 153 cm³/mol. The van der Waals surface area contributed by atoms with Crippen LogP contribution in [0, 0.1) is 5.92 Å². The molecule has 174 valence electrons. The Labute approximate surface area is 210 Å². The summed E-state index contributed by atoms with van der Waals surface area (Å²) in [5.41, 5.74) is 11.7. The molecule has 0 bridgehead atoms. The van der Waals surface area contributed by atoms with E-state index in [1.54, 1.807) is 17.3 Å². The maximum Gasteiger partial charge on any atom is 0.0236 e. The van der Waals surface area contributed by atoms with Crippen LogP contribution in [0.25, 0.3) is 16.7 Å². The Hall–Kier alpha value is -2.77. The lowest BCUT2D eigenvalue weighted by atomic mass is 9.82. The van der Waals surface area contributed by atoms with Gasteiger partial charge in [-0.2, -0.15) is 0 Å². The van der Waals surface area contributed by atoms with Crippen molar-refractivity contribution in [2.24, 2.45) is 5.92 Å². The van der Waals surface area contributed by atoms with E-state index in [1.165, 1.54) is 64.0 Å². The number of hydrogen-bond donors (Lipinski definition) is 0. The Balaban J connectivity index is 1.65. The fraction of sp³-hybridized carbons (Fsp3) is 0.273. The lowest BCUT2D eigenvalue weighted by Crippen LogP contribution is -2.07. The third kappa shape index (κ3) is 4.86. The van der Waals surface area contributed by atoms with Crippen LogP contribution >= 0.6 is 11.8 Å². The average Bonchev–Trinajstić information content (AvgIpc) is 2.82. The molecule has 1 saturated carbocycles. The summed E-state index contributed by atoms with van der Waals surface area (Å²) in [5.74, 6) is 0.674. The number of benzene rings is 2. The highest BCUT2D eigenvalue weighted by Crippen LogP contribution is 2.47. The van der Waals surface area contributed by atoms with Crippen LogP contribution in [-0.4, -0.2) is 0 Å². The molecule has 0 amide bonds. The quantitative estimate of drug-likeness (QED) is 0.356. The van der Waals surface area contributed by atoms with Crippen LogP contribution in [-0.2, 0) is 6.42 Å². The summed E-state index contributed by atoms with van der Waals surface area (Å²) in [7, 11) is 0. The van der Waals surface area contributed by atoms with Crippen LogP contribution < -0.4 is 0 Å². The van der Waals surface area contributed by atoms with Gasteiger partial charge in [0, 0.05) is 9.80 Å². The second kappa shape index (κ2) is 10.7. The largest absolute Gasteiger partial charge is 0.0984 e. The van der Waals surface area contributed by atoms with Gasteiger partial charge < -0.3 is 0 Å². The summed E-state index contributed by atoms with van der Waals surface area (Å²) < 4.78 is 0. The normalized spacial score (nSPS) is 15.9. The van der Waals surface area contributed by atoms with Crippen LogP contribution in [0.5, 0.6) is 0 Å². The van der Waals surface area contributed by atoms with E-state index in [9.17, 15) is 0 Å². The van der Waals surface area contributed by atoms with Gasteiger partial charge >= 0.3 is 0 Å². The van der Waals surface area contributed by atoms with Gasteiger partial charge in [-0.25, -0.2) is 0 Å². The van der Waals surface area contributed by atoms with Gasteiger partial charge in [-0.1, -0.05) is 119 Å². The van der Waals surface area contributed by atoms with Crippen LogP contribution in [0.15, 0.2) is 102 Å². The summed E-state index contributed by atoms with van der Waals surface area (Å²) in [6, 6.07) is 15.8. The minimum atomic E-state index is 0.674. The molecule has 2 aliphatic rings. The van der Waals surface area contributed by atoms with E-state index < -0.39 is 0 Å². The van der Waals surface area contributed by atoms with E-state index >= 15 is 0 Å². The zero-order chi connectivity index (χ0) is 24.2. The highest BCUT2D eigenvalue weighted by molar-refractivity contribution is 8.03. The molecular formula is C33H36S. The topological polar surface area (TPSA) is 0 Å². The molecule has 0 nitrogen and oxygen atoms in total. The molecule has 2 aromatic carbocycles. The molecule has 1 fully saturated rings. The fourth-order valence-corrected chi connectivity index (χ4v) is 5.98. The molecular weight excluding hydrogens is 428 g/mol. The molecule has 0 N–H and O–H groups in total. The summed E-state index contributed by atoms with van der Waals surface area (Å²) in [5, 5.41) is 0. The van der Waals surface area contributed by atoms with Gasteiger partial charge in [-0.3, -0.25) is 0 Å². The van der Waals surface area contributed by atoms with E-state index in [0.717, 1.165) is 28.9 Å². The van der Waals surface area contributed by atoms with Crippen LogP contribution in [0.1, 0.15) is 68.2 Å². The first-order valence-electron chi connectivity index (χ1n) is 12.4. The molecule has 2 aromatic rings. The molecule has 1 aliphatic carbocycles. The van der Waals surface area contributed by atoms with Gasteiger partial charge in [0.15, 0.2) is 0 Å². The van der Waals surface area contributed by atoms with Crippen molar-refractivity contribution in [3.05, 3.63) is 119 Å². The van der Waals surface area contributed by atoms with Gasteiger partial charge in [0.05, 0.1) is 0 Å². The average molecular weight is 465 g/mol. The van der Waals surface area contributed by atoms with Crippen LogP contribution in [0.3, 0.4) is 0 Å². The standard InChI is InChI=1S/C33H36S/c1-7-22(4)20-23(5)25-16-18-27(19-17-25)31(26-12-10-13-26)21-28-14-11-15-30-24(6)29(8-2)32(9-3)34-33(28)30/h8-9,11,14-19,22H,2-3,5-7,10,12-13,20-21H2,1,4H3. The molecule has 34 heavy (non-hydrogen) atoms. The maximum atomic E-state index is 4.39. The molecule has 1 unspecified atom stereocenters. The predicted octanol–water partition coefficient (Wildman–Crippen LogP) is 10.1. The first kappa shape index (κ1) is 24.4. The molecule has 1 aliphatic heterocycles. The smallest absolute Gasteiger partial charge is 0.0236 e. The van der Waals surface area contributed by atoms with E-state index in [4.69, 9.17) is 0 Å². The molecule has 0 spiro atoms. The zero-order valence-electron chi connectivity index (χ0n) is 20.8. The highest BCUT2D eigenvalue weighted by Gasteiger charge is 2.24. The molecule has 4 rings (SSSR count). The summed E-state index contributed by atoms with van der Waals surface area (Å²) in [6.45, 7) is 21.3. The molecule has 1 heteroatoms. The van der Waals surface area contributed by atoms with Crippen molar-refractivity contribution in [2.75, 3.05) is 0 Å². The number of hydrogen-bond acceptors (Lipinski definition) is 1. The van der Waals surface area contributed by atoms with E-state index in [-0.39, 0.29) is 0 Å². The molecule has 0 saturated heterocycles. The fourth-order valence-electron chi connectivity index (χ4n) is 4.78.